The van der Waals surface area contributed by atoms with Crippen molar-refractivity contribution >= 4 is 24.4 Å². The van der Waals surface area contributed by atoms with E-state index < -0.39 is 11.7 Å². The third-order valence-corrected chi connectivity index (χ3v) is 2.82. The van der Waals surface area contributed by atoms with Gasteiger partial charge in [-0.1, -0.05) is 0 Å². The van der Waals surface area contributed by atoms with Crippen LogP contribution in [0.15, 0.2) is 23.1 Å². The Bertz CT molecular complexity index is 489. The molecule has 2 rings (SSSR count). The van der Waals surface area contributed by atoms with Gasteiger partial charge in [-0.15, -0.1) is 12.6 Å². The molecule has 0 bridgehead atoms. The molecule has 0 spiro atoms. The number of benzene rings is 1. The van der Waals surface area contributed by atoms with Gasteiger partial charge in [-0.25, -0.2) is 4.39 Å². The normalized spacial score (nSPS) is 14.1. The van der Waals surface area contributed by atoms with Gasteiger partial charge < -0.3 is 10.6 Å². The Morgan fingerprint density at radius 1 is 1.39 bits per heavy atom. The fourth-order valence-electron chi connectivity index (χ4n) is 1.45. The fourth-order valence-corrected chi connectivity index (χ4v) is 1.65. The van der Waals surface area contributed by atoms with Crippen molar-refractivity contribution in [3.63, 3.8) is 0 Å². The lowest BCUT2D eigenvalue weighted by molar-refractivity contribution is -0.120. The second kappa shape index (κ2) is 5.39. The van der Waals surface area contributed by atoms with Gasteiger partial charge in [0.2, 0.25) is 5.91 Å². The minimum atomic E-state index is -0.632. The molecular weight excluding hydrogens is 255 g/mol. The smallest absolute Gasteiger partial charge is 0.254 e. The molecular formula is C12H13FN2O2S. The minimum Gasteiger partial charge on any atom is -0.352 e. The SMILES string of the molecule is O=C(CNC(=O)c1cc(S)ccc1F)NC1CC1. The summed E-state index contributed by atoms with van der Waals surface area (Å²) in [5, 5.41) is 5.10. The molecule has 1 aromatic rings. The van der Waals surface area contributed by atoms with E-state index in [9.17, 15) is 14.0 Å². The summed E-state index contributed by atoms with van der Waals surface area (Å²) in [5.41, 5.74) is -0.110. The number of carbonyl (C=O) groups is 2. The first-order valence-corrected chi connectivity index (χ1v) is 6.07. The summed E-state index contributed by atoms with van der Waals surface area (Å²) in [6.07, 6.45) is 1.96. The van der Waals surface area contributed by atoms with Gasteiger partial charge in [-0.05, 0) is 31.0 Å². The van der Waals surface area contributed by atoms with Crippen molar-refractivity contribution in [2.24, 2.45) is 0 Å². The van der Waals surface area contributed by atoms with E-state index in [1.807, 2.05) is 0 Å². The lowest BCUT2D eigenvalue weighted by Gasteiger charge is -2.07. The highest BCUT2D eigenvalue weighted by Gasteiger charge is 2.23. The highest BCUT2D eigenvalue weighted by atomic mass is 32.1. The number of halogens is 1. The lowest BCUT2D eigenvalue weighted by atomic mass is 10.2. The van der Waals surface area contributed by atoms with Crippen molar-refractivity contribution in [3.05, 3.63) is 29.6 Å². The largest absolute Gasteiger partial charge is 0.352 e. The van der Waals surface area contributed by atoms with Crippen molar-refractivity contribution in [1.82, 2.24) is 10.6 Å². The summed E-state index contributed by atoms with van der Waals surface area (Å²) in [4.78, 5) is 23.5. The number of carbonyl (C=O) groups excluding carboxylic acids is 2. The Labute approximate surface area is 109 Å². The van der Waals surface area contributed by atoms with E-state index in [-0.39, 0.29) is 24.1 Å². The Hall–Kier alpha value is -1.56. The summed E-state index contributed by atoms with van der Waals surface area (Å²) in [7, 11) is 0. The zero-order valence-corrected chi connectivity index (χ0v) is 10.5. The van der Waals surface area contributed by atoms with Crippen LogP contribution in [0.1, 0.15) is 23.2 Å². The molecule has 0 atom stereocenters. The summed E-state index contributed by atoms with van der Waals surface area (Å²) in [6, 6.07) is 4.19. The summed E-state index contributed by atoms with van der Waals surface area (Å²) in [6.45, 7) is -0.147. The standard InChI is InChI=1S/C12H13FN2O2S/c13-10-4-3-8(18)5-9(10)12(17)14-6-11(16)15-7-1-2-7/h3-5,7,18H,1-2,6H2,(H,14,17)(H,15,16). The summed E-state index contributed by atoms with van der Waals surface area (Å²) < 4.78 is 13.4. The van der Waals surface area contributed by atoms with Crippen LogP contribution >= 0.6 is 12.6 Å². The average molecular weight is 268 g/mol. The Morgan fingerprint density at radius 3 is 2.78 bits per heavy atom. The van der Waals surface area contributed by atoms with Crippen molar-refractivity contribution in [2.75, 3.05) is 6.54 Å². The van der Waals surface area contributed by atoms with Gasteiger partial charge >= 0.3 is 0 Å². The maximum Gasteiger partial charge on any atom is 0.254 e. The van der Waals surface area contributed by atoms with E-state index in [1.165, 1.54) is 18.2 Å². The second-order valence-electron chi connectivity index (χ2n) is 4.19. The predicted octanol–water partition coefficient (Wildman–Crippen LogP) is 1.12. The van der Waals surface area contributed by atoms with Crippen LogP contribution in [-0.2, 0) is 4.79 Å². The lowest BCUT2D eigenvalue weighted by Crippen LogP contribution is -2.38. The minimum absolute atomic E-state index is 0.110. The van der Waals surface area contributed by atoms with Crippen LogP contribution in [0.4, 0.5) is 4.39 Å². The maximum atomic E-state index is 13.4. The molecule has 96 valence electrons. The molecule has 1 fully saturated rings. The first-order chi connectivity index (χ1) is 8.56. The van der Waals surface area contributed by atoms with Crippen LogP contribution in [0.2, 0.25) is 0 Å². The highest BCUT2D eigenvalue weighted by molar-refractivity contribution is 7.80. The van der Waals surface area contributed by atoms with Crippen LogP contribution in [0.25, 0.3) is 0 Å². The number of amides is 2. The fraction of sp³-hybridized carbons (Fsp3) is 0.333. The van der Waals surface area contributed by atoms with E-state index in [1.54, 1.807) is 0 Å². The molecule has 6 heteroatoms. The van der Waals surface area contributed by atoms with Gasteiger partial charge in [0.15, 0.2) is 0 Å². The first-order valence-electron chi connectivity index (χ1n) is 5.62. The average Bonchev–Trinajstić information content (AvgIpc) is 3.13. The van der Waals surface area contributed by atoms with E-state index in [0.717, 1.165) is 12.8 Å². The topological polar surface area (TPSA) is 58.2 Å². The second-order valence-corrected chi connectivity index (χ2v) is 4.71. The van der Waals surface area contributed by atoms with Crippen LogP contribution in [0.3, 0.4) is 0 Å². The zero-order valence-electron chi connectivity index (χ0n) is 9.57. The molecule has 1 aliphatic carbocycles. The molecule has 0 unspecified atom stereocenters. The molecule has 1 aromatic carbocycles. The maximum absolute atomic E-state index is 13.4. The number of hydrogen-bond acceptors (Lipinski definition) is 3. The van der Waals surface area contributed by atoms with Crippen molar-refractivity contribution in [1.29, 1.82) is 0 Å². The summed E-state index contributed by atoms with van der Waals surface area (Å²) >= 11 is 4.03. The monoisotopic (exact) mass is 268 g/mol. The molecule has 0 radical (unpaired) electrons. The molecule has 1 saturated carbocycles. The Balaban J connectivity index is 1.90. The Morgan fingerprint density at radius 2 is 2.11 bits per heavy atom. The van der Waals surface area contributed by atoms with Crippen LogP contribution in [0.5, 0.6) is 0 Å². The molecule has 1 aliphatic rings. The molecule has 0 aromatic heterocycles. The first kappa shape index (κ1) is 12.9. The van der Waals surface area contributed by atoms with Gasteiger partial charge in [-0.3, -0.25) is 9.59 Å². The van der Waals surface area contributed by atoms with E-state index in [4.69, 9.17) is 0 Å². The molecule has 2 N–H and O–H groups in total. The van der Waals surface area contributed by atoms with Gasteiger partial charge in [0, 0.05) is 10.9 Å². The molecule has 0 heterocycles. The van der Waals surface area contributed by atoms with Gasteiger partial charge in [0.25, 0.3) is 5.91 Å². The van der Waals surface area contributed by atoms with Gasteiger partial charge in [0.05, 0.1) is 12.1 Å². The third-order valence-electron chi connectivity index (χ3n) is 2.55. The predicted molar refractivity (Wildman–Crippen MR) is 67.1 cm³/mol. The van der Waals surface area contributed by atoms with Crippen LogP contribution < -0.4 is 10.6 Å². The molecule has 2 amide bonds. The highest BCUT2D eigenvalue weighted by Crippen LogP contribution is 2.18. The quantitative estimate of drug-likeness (QED) is 0.717. The number of rotatable bonds is 4. The van der Waals surface area contributed by atoms with Crippen molar-refractivity contribution in [2.45, 2.75) is 23.8 Å². The molecule has 0 aliphatic heterocycles. The number of hydrogen-bond donors (Lipinski definition) is 3. The summed E-state index contributed by atoms with van der Waals surface area (Å²) in [5.74, 6) is -1.50. The zero-order chi connectivity index (χ0) is 13.1. The number of nitrogens with one attached hydrogen (secondary N) is 2. The van der Waals surface area contributed by atoms with Crippen LogP contribution in [0, 0.1) is 5.82 Å². The van der Waals surface area contributed by atoms with Crippen LogP contribution in [-0.4, -0.2) is 24.4 Å². The number of thiol groups is 1. The van der Waals surface area contributed by atoms with Gasteiger partial charge in [0.1, 0.15) is 5.82 Å². The van der Waals surface area contributed by atoms with E-state index >= 15 is 0 Å². The van der Waals surface area contributed by atoms with E-state index in [0.29, 0.717) is 4.90 Å². The van der Waals surface area contributed by atoms with Gasteiger partial charge in [-0.2, -0.15) is 0 Å². The molecule has 4 nitrogen and oxygen atoms in total. The van der Waals surface area contributed by atoms with E-state index in [2.05, 4.69) is 23.3 Å². The van der Waals surface area contributed by atoms with Crippen molar-refractivity contribution < 1.29 is 14.0 Å². The van der Waals surface area contributed by atoms with Crippen molar-refractivity contribution in [3.8, 4) is 0 Å². The Kier molecular flexibility index (Phi) is 3.86. The molecule has 18 heavy (non-hydrogen) atoms. The molecule has 0 saturated heterocycles. The third kappa shape index (κ3) is 3.46.